The van der Waals surface area contributed by atoms with E-state index < -0.39 is 5.82 Å². The second-order valence-electron chi connectivity index (χ2n) is 3.45. The summed E-state index contributed by atoms with van der Waals surface area (Å²) in [5.41, 5.74) is 0.233. The van der Waals surface area contributed by atoms with Gasteiger partial charge in [-0.3, -0.25) is 9.78 Å². The van der Waals surface area contributed by atoms with Crippen molar-refractivity contribution < 1.29 is 9.18 Å². The maximum Gasteiger partial charge on any atom is 0.188 e. The molecular weight excluding hydrogens is 223 g/mol. The Morgan fingerprint density at radius 2 is 2.24 bits per heavy atom. The number of pyridine rings is 1. The van der Waals surface area contributed by atoms with Gasteiger partial charge in [-0.05, 0) is 19.1 Å². The van der Waals surface area contributed by atoms with Crippen LogP contribution in [-0.2, 0) is 13.0 Å². The molecule has 0 radical (unpaired) electrons. The van der Waals surface area contributed by atoms with E-state index in [1.807, 2.05) is 6.92 Å². The number of carbonyl (C=O) groups is 1. The van der Waals surface area contributed by atoms with E-state index >= 15 is 0 Å². The van der Waals surface area contributed by atoms with Crippen molar-refractivity contribution >= 4 is 5.78 Å². The molecule has 2 aromatic rings. The van der Waals surface area contributed by atoms with E-state index in [1.54, 1.807) is 4.68 Å². The van der Waals surface area contributed by atoms with Crippen LogP contribution < -0.4 is 0 Å². The number of halogens is 1. The van der Waals surface area contributed by atoms with Crippen molar-refractivity contribution in [3.05, 3.63) is 42.0 Å². The normalized spacial score (nSPS) is 10.5. The van der Waals surface area contributed by atoms with Crippen LogP contribution in [0.1, 0.15) is 23.2 Å². The van der Waals surface area contributed by atoms with Gasteiger partial charge in [0.25, 0.3) is 0 Å². The van der Waals surface area contributed by atoms with Gasteiger partial charge in [0.05, 0.1) is 12.6 Å². The quantitative estimate of drug-likeness (QED) is 0.747. The lowest BCUT2D eigenvalue weighted by molar-refractivity contribution is 0.0984. The Morgan fingerprint density at radius 3 is 2.88 bits per heavy atom. The number of aryl methyl sites for hydroxylation is 1. The molecular formula is C11H11FN4O. The van der Waals surface area contributed by atoms with Gasteiger partial charge in [0.15, 0.2) is 5.78 Å². The molecule has 0 atom stereocenters. The van der Waals surface area contributed by atoms with E-state index in [-0.39, 0.29) is 17.9 Å². The molecule has 5 nitrogen and oxygen atoms in total. The van der Waals surface area contributed by atoms with Gasteiger partial charge in [0.1, 0.15) is 23.7 Å². The molecule has 6 heteroatoms. The lowest BCUT2D eigenvalue weighted by Gasteiger charge is -2.02. The van der Waals surface area contributed by atoms with Crippen molar-refractivity contribution in [2.45, 2.75) is 19.9 Å². The fraction of sp³-hybridized carbons (Fsp3) is 0.273. The Bertz CT molecular complexity index is 521. The molecule has 2 heterocycles. The van der Waals surface area contributed by atoms with Crippen molar-refractivity contribution in [2.24, 2.45) is 0 Å². The molecule has 88 valence electrons. The van der Waals surface area contributed by atoms with Gasteiger partial charge in [-0.15, -0.1) is 0 Å². The van der Waals surface area contributed by atoms with E-state index in [9.17, 15) is 9.18 Å². The van der Waals surface area contributed by atoms with Gasteiger partial charge >= 0.3 is 0 Å². The van der Waals surface area contributed by atoms with Gasteiger partial charge in [0.2, 0.25) is 0 Å². The number of Topliss-reactive ketones (excluding diaryl/α,β-unsaturated/α-hetero) is 1. The summed E-state index contributed by atoms with van der Waals surface area (Å²) in [5, 5.41) is 3.97. The smallest absolute Gasteiger partial charge is 0.188 e. The molecule has 2 aromatic heterocycles. The molecule has 0 N–H and O–H groups in total. The zero-order chi connectivity index (χ0) is 12.3. The van der Waals surface area contributed by atoms with Gasteiger partial charge in [-0.25, -0.2) is 14.1 Å². The number of hydrogen-bond acceptors (Lipinski definition) is 4. The third-order valence-corrected chi connectivity index (χ3v) is 2.33. The van der Waals surface area contributed by atoms with Gasteiger partial charge in [0, 0.05) is 6.54 Å². The Labute approximate surface area is 97.3 Å². The summed E-state index contributed by atoms with van der Waals surface area (Å²) in [5.74, 6) is -0.0744. The van der Waals surface area contributed by atoms with Crippen LogP contribution in [0.3, 0.4) is 0 Å². The summed E-state index contributed by atoms with van der Waals surface area (Å²) < 4.78 is 14.3. The van der Waals surface area contributed by atoms with Gasteiger partial charge in [-0.2, -0.15) is 5.10 Å². The van der Waals surface area contributed by atoms with Crippen LogP contribution in [0, 0.1) is 5.82 Å². The van der Waals surface area contributed by atoms with E-state index in [2.05, 4.69) is 15.1 Å². The highest BCUT2D eigenvalue weighted by atomic mass is 19.1. The molecule has 17 heavy (non-hydrogen) atoms. The van der Waals surface area contributed by atoms with Gasteiger partial charge in [-0.1, -0.05) is 0 Å². The molecule has 0 unspecified atom stereocenters. The van der Waals surface area contributed by atoms with Crippen LogP contribution >= 0.6 is 0 Å². The molecule has 0 bridgehead atoms. The predicted octanol–water partition coefficient (Wildman–Crippen LogP) is 1.26. The largest absolute Gasteiger partial charge is 0.292 e. The second kappa shape index (κ2) is 4.82. The Balaban J connectivity index is 2.14. The van der Waals surface area contributed by atoms with Crippen molar-refractivity contribution in [3.8, 4) is 0 Å². The average molecular weight is 234 g/mol. The van der Waals surface area contributed by atoms with Crippen molar-refractivity contribution in [1.82, 2.24) is 19.7 Å². The topological polar surface area (TPSA) is 60.7 Å². The molecule has 0 amide bonds. The summed E-state index contributed by atoms with van der Waals surface area (Å²) in [4.78, 5) is 19.6. The zero-order valence-corrected chi connectivity index (χ0v) is 9.30. The van der Waals surface area contributed by atoms with Gasteiger partial charge < -0.3 is 0 Å². The zero-order valence-electron chi connectivity index (χ0n) is 9.30. The average Bonchev–Trinajstić information content (AvgIpc) is 2.77. The number of rotatable bonds is 4. The van der Waals surface area contributed by atoms with Crippen LogP contribution in [0.5, 0.6) is 0 Å². The molecule has 2 rings (SSSR count). The first-order chi connectivity index (χ1) is 8.20. The minimum absolute atomic E-state index is 0.118. The molecule has 0 saturated heterocycles. The number of aromatic nitrogens is 4. The van der Waals surface area contributed by atoms with Crippen molar-refractivity contribution in [3.63, 3.8) is 0 Å². The molecule has 0 aliphatic carbocycles. The lowest BCUT2D eigenvalue weighted by Crippen LogP contribution is -2.12. The fourth-order valence-corrected chi connectivity index (χ4v) is 1.46. The summed E-state index contributed by atoms with van der Waals surface area (Å²) in [6, 6.07) is 2.58. The molecule has 0 aromatic carbocycles. The van der Waals surface area contributed by atoms with E-state index in [4.69, 9.17) is 0 Å². The van der Waals surface area contributed by atoms with Crippen LogP contribution in [0.2, 0.25) is 0 Å². The maximum atomic E-state index is 12.6. The number of nitrogens with zero attached hydrogens (tertiary/aromatic N) is 4. The summed E-state index contributed by atoms with van der Waals surface area (Å²) >= 11 is 0. The summed E-state index contributed by atoms with van der Waals surface area (Å²) in [6.45, 7) is 2.57. The molecule has 0 saturated carbocycles. The maximum absolute atomic E-state index is 12.6. The monoisotopic (exact) mass is 234 g/mol. The van der Waals surface area contributed by atoms with E-state index in [0.717, 1.165) is 6.20 Å². The first-order valence-corrected chi connectivity index (χ1v) is 5.22. The minimum atomic E-state index is -0.460. The van der Waals surface area contributed by atoms with Crippen LogP contribution in [0.25, 0.3) is 0 Å². The van der Waals surface area contributed by atoms with Crippen LogP contribution in [0.15, 0.2) is 24.7 Å². The fourth-order valence-electron chi connectivity index (χ4n) is 1.46. The number of hydrogen-bond donors (Lipinski definition) is 0. The lowest BCUT2D eigenvalue weighted by atomic mass is 10.2. The Kier molecular flexibility index (Phi) is 3.22. The van der Waals surface area contributed by atoms with Crippen LogP contribution in [-0.4, -0.2) is 25.5 Å². The molecule has 0 spiro atoms. The van der Waals surface area contributed by atoms with Crippen molar-refractivity contribution in [2.75, 3.05) is 0 Å². The van der Waals surface area contributed by atoms with Crippen molar-refractivity contribution in [1.29, 1.82) is 0 Å². The SMILES string of the molecule is CCn1ncnc1CC(=O)c1ccc(F)cn1. The standard InChI is InChI=1S/C11H11FN4O/c1-2-16-11(14-7-15-16)5-10(17)9-4-3-8(12)6-13-9/h3-4,6-7H,2,5H2,1H3. The predicted molar refractivity (Wildman–Crippen MR) is 57.9 cm³/mol. The van der Waals surface area contributed by atoms with Crippen LogP contribution in [0.4, 0.5) is 4.39 Å². The Hall–Kier alpha value is -2.11. The molecule has 0 fully saturated rings. The first kappa shape index (κ1) is 11.4. The number of ketones is 1. The first-order valence-electron chi connectivity index (χ1n) is 5.22. The highest BCUT2D eigenvalue weighted by Gasteiger charge is 2.12. The third-order valence-electron chi connectivity index (χ3n) is 2.33. The molecule has 0 aliphatic rings. The molecule has 0 aliphatic heterocycles. The summed E-state index contributed by atoms with van der Waals surface area (Å²) in [7, 11) is 0. The minimum Gasteiger partial charge on any atom is -0.292 e. The summed E-state index contributed by atoms with van der Waals surface area (Å²) in [6.07, 6.45) is 2.55. The second-order valence-corrected chi connectivity index (χ2v) is 3.45. The van der Waals surface area contributed by atoms with E-state index in [0.29, 0.717) is 12.4 Å². The van der Waals surface area contributed by atoms with E-state index in [1.165, 1.54) is 18.5 Å². The highest BCUT2D eigenvalue weighted by Crippen LogP contribution is 2.04. The highest BCUT2D eigenvalue weighted by molar-refractivity contribution is 5.95. The third kappa shape index (κ3) is 2.52. The number of carbonyl (C=O) groups excluding carboxylic acids is 1. The Morgan fingerprint density at radius 1 is 1.41 bits per heavy atom.